The molecular formula is C11H15NO3. The molecule has 0 aliphatic carbocycles. The molecule has 0 bridgehead atoms. The topological polar surface area (TPSA) is 66.7 Å². The molecule has 0 aromatic carbocycles. The summed E-state index contributed by atoms with van der Waals surface area (Å²) in [6.45, 7) is 6.81. The van der Waals surface area contributed by atoms with Crippen LogP contribution in [-0.2, 0) is 9.59 Å². The molecule has 0 heterocycles. The van der Waals surface area contributed by atoms with Crippen LogP contribution in [0.25, 0.3) is 0 Å². The maximum Gasteiger partial charge on any atom is 0.120 e. The Bertz CT molecular complexity index is 322. The van der Waals surface area contributed by atoms with Gasteiger partial charge >= 0.3 is 0 Å². The van der Waals surface area contributed by atoms with Crippen LogP contribution >= 0.6 is 0 Å². The van der Waals surface area contributed by atoms with Crippen LogP contribution in [0.5, 0.6) is 0 Å². The fourth-order valence-corrected chi connectivity index (χ4v) is 1.52. The standard InChI is InChI=1S/C11H15NO3/c1-10(2,5-7-13)9(12-15)11(3,4)6-8-14/h5-6,15H,1-4H3. The van der Waals surface area contributed by atoms with E-state index in [0.717, 1.165) is 0 Å². The first-order chi connectivity index (χ1) is 6.81. The van der Waals surface area contributed by atoms with Gasteiger partial charge in [-0.2, -0.15) is 0 Å². The normalized spacial score (nSPS) is 10.9. The van der Waals surface area contributed by atoms with E-state index < -0.39 is 10.8 Å². The van der Waals surface area contributed by atoms with Gasteiger partial charge < -0.3 is 5.21 Å². The summed E-state index contributed by atoms with van der Waals surface area (Å²) < 4.78 is 0. The van der Waals surface area contributed by atoms with Crippen LogP contribution in [0.1, 0.15) is 27.7 Å². The Labute approximate surface area is 89.0 Å². The molecule has 0 atom stereocenters. The summed E-state index contributed by atoms with van der Waals surface area (Å²) in [5, 5.41) is 12.1. The van der Waals surface area contributed by atoms with Gasteiger partial charge in [-0.3, -0.25) is 0 Å². The van der Waals surface area contributed by atoms with Crippen molar-refractivity contribution >= 4 is 17.6 Å². The highest BCUT2D eigenvalue weighted by Crippen LogP contribution is 2.32. The summed E-state index contributed by atoms with van der Waals surface area (Å²) in [6.07, 6.45) is 2.50. The van der Waals surface area contributed by atoms with Gasteiger partial charge in [0.05, 0.1) is 5.71 Å². The van der Waals surface area contributed by atoms with Gasteiger partial charge in [0.2, 0.25) is 0 Å². The predicted octanol–water partition coefficient (Wildman–Crippen LogP) is 1.64. The number of nitrogens with zero attached hydrogens (tertiary/aromatic N) is 1. The van der Waals surface area contributed by atoms with Gasteiger partial charge in [-0.15, -0.1) is 0 Å². The maximum atomic E-state index is 10.3. The van der Waals surface area contributed by atoms with Gasteiger partial charge in [-0.25, -0.2) is 9.59 Å². The van der Waals surface area contributed by atoms with Gasteiger partial charge in [0.15, 0.2) is 0 Å². The molecule has 0 fully saturated rings. The zero-order chi connectivity index (χ0) is 12.1. The van der Waals surface area contributed by atoms with Crippen molar-refractivity contribution in [3.63, 3.8) is 0 Å². The van der Waals surface area contributed by atoms with E-state index in [1.54, 1.807) is 39.6 Å². The molecule has 0 radical (unpaired) electrons. The van der Waals surface area contributed by atoms with Crippen molar-refractivity contribution in [1.82, 2.24) is 0 Å². The van der Waals surface area contributed by atoms with E-state index >= 15 is 0 Å². The first kappa shape index (κ1) is 13.4. The maximum absolute atomic E-state index is 10.3. The molecule has 0 aliphatic rings. The summed E-state index contributed by atoms with van der Waals surface area (Å²) in [5.41, 5.74) is -1.21. The van der Waals surface area contributed by atoms with Crippen molar-refractivity contribution in [3.05, 3.63) is 12.2 Å². The molecule has 0 aliphatic heterocycles. The Morgan fingerprint density at radius 1 is 1.07 bits per heavy atom. The molecule has 0 spiro atoms. The monoisotopic (exact) mass is 209 g/mol. The second-order valence-electron chi connectivity index (χ2n) is 4.42. The molecule has 0 amide bonds. The van der Waals surface area contributed by atoms with Crippen molar-refractivity contribution in [1.29, 1.82) is 0 Å². The summed E-state index contributed by atoms with van der Waals surface area (Å²) in [6, 6.07) is 0. The lowest BCUT2D eigenvalue weighted by molar-refractivity contribution is 0.304. The fraction of sp³-hybridized carbons (Fsp3) is 0.545. The Kier molecular flexibility index (Phi) is 4.22. The number of hydrogen-bond acceptors (Lipinski definition) is 4. The van der Waals surface area contributed by atoms with Crippen LogP contribution in [0.4, 0.5) is 0 Å². The van der Waals surface area contributed by atoms with E-state index in [0.29, 0.717) is 5.71 Å². The van der Waals surface area contributed by atoms with E-state index in [4.69, 9.17) is 5.21 Å². The third-order valence-electron chi connectivity index (χ3n) is 2.16. The predicted molar refractivity (Wildman–Crippen MR) is 57.3 cm³/mol. The molecule has 82 valence electrons. The van der Waals surface area contributed by atoms with Crippen molar-refractivity contribution in [2.24, 2.45) is 16.0 Å². The SMILES string of the molecule is CC(C)(C=C=O)C(=NO)C(C)(C)C=C=O. The van der Waals surface area contributed by atoms with Gasteiger partial charge in [0, 0.05) is 23.0 Å². The minimum absolute atomic E-state index is 0.307. The number of allylic oxidation sites excluding steroid dienone is 2. The molecular weight excluding hydrogens is 194 g/mol. The third-order valence-corrected chi connectivity index (χ3v) is 2.16. The minimum atomic E-state index is -0.757. The highest BCUT2D eigenvalue weighted by atomic mass is 16.4. The Balaban J connectivity index is 5.46. The van der Waals surface area contributed by atoms with Crippen molar-refractivity contribution in [2.45, 2.75) is 27.7 Å². The first-order valence-corrected chi connectivity index (χ1v) is 4.49. The highest BCUT2D eigenvalue weighted by molar-refractivity contribution is 5.98. The molecule has 1 N–H and O–H groups in total. The molecule has 4 heteroatoms. The average Bonchev–Trinajstić information content (AvgIpc) is 2.02. The van der Waals surface area contributed by atoms with E-state index in [-0.39, 0.29) is 0 Å². The van der Waals surface area contributed by atoms with E-state index in [1.165, 1.54) is 12.2 Å². The summed E-state index contributed by atoms with van der Waals surface area (Å²) in [5.74, 6) is 3.32. The molecule has 0 aromatic rings. The van der Waals surface area contributed by atoms with E-state index in [1.807, 2.05) is 0 Å². The number of hydrogen-bond donors (Lipinski definition) is 1. The molecule has 0 aromatic heterocycles. The quantitative estimate of drug-likeness (QED) is 0.331. The van der Waals surface area contributed by atoms with Gasteiger partial charge in [-0.05, 0) is 0 Å². The number of oxime groups is 1. The zero-order valence-corrected chi connectivity index (χ0v) is 9.37. The largest absolute Gasteiger partial charge is 0.411 e. The van der Waals surface area contributed by atoms with Crippen LogP contribution in [0.15, 0.2) is 17.3 Å². The minimum Gasteiger partial charge on any atom is -0.411 e. The third kappa shape index (κ3) is 3.21. The van der Waals surface area contributed by atoms with Gasteiger partial charge in [0.25, 0.3) is 0 Å². The lowest BCUT2D eigenvalue weighted by Gasteiger charge is -2.30. The molecule has 4 nitrogen and oxygen atoms in total. The van der Waals surface area contributed by atoms with Crippen LogP contribution in [-0.4, -0.2) is 22.8 Å². The lowest BCUT2D eigenvalue weighted by atomic mass is 9.73. The molecule has 0 saturated heterocycles. The Morgan fingerprint density at radius 3 is 1.60 bits per heavy atom. The van der Waals surface area contributed by atoms with E-state index in [2.05, 4.69) is 5.16 Å². The van der Waals surface area contributed by atoms with E-state index in [9.17, 15) is 9.59 Å². The van der Waals surface area contributed by atoms with Gasteiger partial charge in [0.1, 0.15) is 11.9 Å². The molecule has 0 unspecified atom stereocenters. The molecule has 15 heavy (non-hydrogen) atoms. The van der Waals surface area contributed by atoms with Crippen molar-refractivity contribution < 1.29 is 14.8 Å². The van der Waals surface area contributed by atoms with Crippen molar-refractivity contribution in [3.8, 4) is 0 Å². The summed E-state index contributed by atoms with van der Waals surface area (Å²) >= 11 is 0. The smallest absolute Gasteiger partial charge is 0.120 e. The first-order valence-electron chi connectivity index (χ1n) is 4.49. The zero-order valence-electron chi connectivity index (χ0n) is 9.37. The summed E-state index contributed by atoms with van der Waals surface area (Å²) in [7, 11) is 0. The lowest BCUT2D eigenvalue weighted by Crippen LogP contribution is -2.35. The Hall–Kier alpha value is -1.63. The average molecular weight is 209 g/mol. The fourth-order valence-electron chi connectivity index (χ4n) is 1.52. The highest BCUT2D eigenvalue weighted by Gasteiger charge is 2.35. The van der Waals surface area contributed by atoms with Gasteiger partial charge in [-0.1, -0.05) is 32.9 Å². The second kappa shape index (κ2) is 4.74. The summed E-state index contributed by atoms with van der Waals surface area (Å²) in [4.78, 5) is 20.6. The molecule has 0 saturated carbocycles. The second-order valence-corrected chi connectivity index (χ2v) is 4.42. The van der Waals surface area contributed by atoms with Crippen molar-refractivity contribution in [2.75, 3.05) is 0 Å². The molecule has 0 rings (SSSR count). The van der Waals surface area contributed by atoms with Crippen LogP contribution in [0, 0.1) is 10.8 Å². The number of carbonyl (C=O) groups excluding carboxylic acids is 2. The van der Waals surface area contributed by atoms with Crippen LogP contribution < -0.4 is 0 Å². The Morgan fingerprint density at radius 2 is 1.40 bits per heavy atom. The van der Waals surface area contributed by atoms with Crippen LogP contribution in [0.3, 0.4) is 0 Å². The number of rotatable bonds is 4. The van der Waals surface area contributed by atoms with Crippen LogP contribution in [0.2, 0.25) is 0 Å².